The molecule has 0 fully saturated rings. The Morgan fingerprint density at radius 3 is 2.21 bits per heavy atom. The summed E-state index contributed by atoms with van der Waals surface area (Å²) in [6.45, 7) is 13.1. The van der Waals surface area contributed by atoms with Gasteiger partial charge in [0, 0.05) is 6.54 Å². The predicted octanol–water partition coefficient (Wildman–Crippen LogP) is 3.29. The molecule has 0 amide bonds. The number of hydrogen-bond acceptors (Lipinski definition) is 3. The van der Waals surface area contributed by atoms with Crippen LogP contribution in [0.2, 0.25) is 5.15 Å². The molecular formula is C15H26ClN3. The first-order valence-electron chi connectivity index (χ1n) is 7.25. The van der Waals surface area contributed by atoms with Gasteiger partial charge in [-0.25, -0.2) is 4.98 Å². The second-order valence-electron chi connectivity index (χ2n) is 4.70. The molecule has 0 bridgehead atoms. The van der Waals surface area contributed by atoms with Gasteiger partial charge in [0.1, 0.15) is 5.15 Å². The van der Waals surface area contributed by atoms with Crippen LogP contribution in [-0.2, 0) is 6.54 Å². The molecule has 0 saturated carbocycles. The molecule has 1 aromatic rings. The molecule has 1 rings (SSSR count). The van der Waals surface area contributed by atoms with Crippen molar-refractivity contribution < 1.29 is 0 Å². The van der Waals surface area contributed by atoms with E-state index in [1.807, 2.05) is 18.2 Å². The predicted molar refractivity (Wildman–Crippen MR) is 82.6 cm³/mol. The maximum atomic E-state index is 5.92. The normalized spacial score (nSPS) is 11.5. The van der Waals surface area contributed by atoms with E-state index in [1.165, 1.54) is 13.0 Å². The lowest BCUT2D eigenvalue weighted by atomic mass is 10.3. The summed E-state index contributed by atoms with van der Waals surface area (Å²) < 4.78 is 0. The van der Waals surface area contributed by atoms with Crippen molar-refractivity contribution in [2.24, 2.45) is 0 Å². The maximum Gasteiger partial charge on any atom is 0.129 e. The molecule has 1 heterocycles. The lowest BCUT2D eigenvalue weighted by Gasteiger charge is -2.23. The fourth-order valence-corrected chi connectivity index (χ4v) is 2.36. The smallest absolute Gasteiger partial charge is 0.129 e. The summed E-state index contributed by atoms with van der Waals surface area (Å²) >= 11 is 5.92. The van der Waals surface area contributed by atoms with Crippen molar-refractivity contribution in [3.05, 3.63) is 29.0 Å². The second kappa shape index (κ2) is 9.29. The van der Waals surface area contributed by atoms with E-state index >= 15 is 0 Å². The largest absolute Gasteiger partial charge is 0.304 e. The van der Waals surface area contributed by atoms with Gasteiger partial charge in [-0.05, 0) is 51.3 Å². The maximum absolute atomic E-state index is 5.92. The molecule has 0 aliphatic carbocycles. The average Bonchev–Trinajstić information content (AvgIpc) is 2.42. The van der Waals surface area contributed by atoms with Gasteiger partial charge in [0.15, 0.2) is 0 Å². The molecule has 0 saturated heterocycles. The summed E-state index contributed by atoms with van der Waals surface area (Å²) in [5, 5.41) is 0.580. The van der Waals surface area contributed by atoms with Gasteiger partial charge in [0.2, 0.25) is 0 Å². The van der Waals surface area contributed by atoms with Crippen LogP contribution in [0.5, 0.6) is 0 Å². The Hall–Kier alpha value is -0.640. The van der Waals surface area contributed by atoms with Crippen molar-refractivity contribution in [2.45, 2.75) is 33.7 Å². The second-order valence-corrected chi connectivity index (χ2v) is 5.09. The van der Waals surface area contributed by atoms with Gasteiger partial charge in [0.25, 0.3) is 0 Å². The van der Waals surface area contributed by atoms with Gasteiger partial charge in [-0.1, -0.05) is 38.4 Å². The molecule has 0 atom stereocenters. The number of aromatic nitrogens is 1. The first-order valence-corrected chi connectivity index (χ1v) is 7.63. The molecule has 19 heavy (non-hydrogen) atoms. The lowest BCUT2D eigenvalue weighted by molar-refractivity contribution is 0.237. The van der Waals surface area contributed by atoms with Crippen LogP contribution in [0.4, 0.5) is 0 Å². The van der Waals surface area contributed by atoms with E-state index in [9.17, 15) is 0 Å². The minimum Gasteiger partial charge on any atom is -0.304 e. The Balaban J connectivity index is 2.37. The van der Waals surface area contributed by atoms with Crippen LogP contribution in [0, 0.1) is 0 Å². The van der Waals surface area contributed by atoms with Crippen molar-refractivity contribution in [2.75, 3.05) is 32.7 Å². The van der Waals surface area contributed by atoms with Crippen LogP contribution in [0.3, 0.4) is 0 Å². The third-order valence-electron chi connectivity index (χ3n) is 3.45. The van der Waals surface area contributed by atoms with Crippen LogP contribution in [0.15, 0.2) is 18.2 Å². The van der Waals surface area contributed by atoms with Gasteiger partial charge in [-0.2, -0.15) is 0 Å². The first-order chi connectivity index (χ1) is 9.19. The molecule has 3 nitrogen and oxygen atoms in total. The minimum absolute atomic E-state index is 0.580. The number of nitrogens with zero attached hydrogens (tertiary/aromatic N) is 3. The van der Waals surface area contributed by atoms with E-state index in [0.29, 0.717) is 5.15 Å². The van der Waals surface area contributed by atoms with E-state index in [1.54, 1.807) is 0 Å². The molecule has 0 radical (unpaired) electrons. The highest BCUT2D eigenvalue weighted by molar-refractivity contribution is 6.29. The van der Waals surface area contributed by atoms with Crippen LogP contribution in [0.25, 0.3) is 0 Å². The zero-order chi connectivity index (χ0) is 14.1. The molecule has 108 valence electrons. The highest BCUT2D eigenvalue weighted by atomic mass is 35.5. The number of rotatable bonds is 9. The van der Waals surface area contributed by atoms with E-state index in [2.05, 4.69) is 35.6 Å². The average molecular weight is 284 g/mol. The van der Waals surface area contributed by atoms with E-state index < -0.39 is 0 Å². The van der Waals surface area contributed by atoms with Gasteiger partial charge in [0.05, 0.1) is 5.69 Å². The monoisotopic (exact) mass is 283 g/mol. The third-order valence-corrected chi connectivity index (χ3v) is 3.66. The van der Waals surface area contributed by atoms with Gasteiger partial charge in [-0.3, -0.25) is 4.90 Å². The zero-order valence-electron chi connectivity index (χ0n) is 12.4. The molecule has 0 aliphatic rings. The fourth-order valence-electron chi connectivity index (χ4n) is 2.17. The summed E-state index contributed by atoms with van der Waals surface area (Å²) in [4.78, 5) is 9.23. The van der Waals surface area contributed by atoms with Gasteiger partial charge in [-0.15, -0.1) is 0 Å². The highest BCUT2D eigenvalue weighted by Crippen LogP contribution is 2.08. The summed E-state index contributed by atoms with van der Waals surface area (Å²) in [5.74, 6) is 0. The van der Waals surface area contributed by atoms with E-state index in [4.69, 9.17) is 11.6 Å². The minimum atomic E-state index is 0.580. The quantitative estimate of drug-likeness (QED) is 0.648. The molecule has 0 aromatic carbocycles. The lowest BCUT2D eigenvalue weighted by Crippen LogP contribution is -2.30. The topological polar surface area (TPSA) is 19.4 Å². The summed E-state index contributed by atoms with van der Waals surface area (Å²) in [5.41, 5.74) is 1.05. The molecule has 0 N–H and O–H groups in total. The summed E-state index contributed by atoms with van der Waals surface area (Å²) in [6.07, 6.45) is 1.20. The van der Waals surface area contributed by atoms with Crippen molar-refractivity contribution >= 4 is 11.6 Å². The van der Waals surface area contributed by atoms with Crippen LogP contribution < -0.4 is 0 Å². The number of pyridine rings is 1. The van der Waals surface area contributed by atoms with E-state index in [0.717, 1.165) is 38.4 Å². The van der Waals surface area contributed by atoms with Gasteiger partial charge >= 0.3 is 0 Å². The van der Waals surface area contributed by atoms with Crippen molar-refractivity contribution in [3.8, 4) is 0 Å². The molecule has 0 aliphatic heterocycles. The molecule has 4 heteroatoms. The molecular weight excluding hydrogens is 258 g/mol. The van der Waals surface area contributed by atoms with E-state index in [-0.39, 0.29) is 0 Å². The summed E-state index contributed by atoms with van der Waals surface area (Å²) in [6, 6.07) is 5.83. The van der Waals surface area contributed by atoms with Crippen LogP contribution in [-0.4, -0.2) is 47.5 Å². The first kappa shape index (κ1) is 16.4. The molecule has 1 aromatic heterocycles. The Morgan fingerprint density at radius 2 is 1.63 bits per heavy atom. The third kappa shape index (κ3) is 6.37. The molecule has 0 unspecified atom stereocenters. The fraction of sp³-hybridized carbons (Fsp3) is 0.667. The Labute approximate surface area is 122 Å². The Kier molecular flexibility index (Phi) is 8.03. The van der Waals surface area contributed by atoms with Gasteiger partial charge < -0.3 is 4.90 Å². The standard InChI is InChI=1S/C15H26ClN3/c1-4-18(5-2)11-8-12-19(6-3)13-14-9-7-10-15(16)17-14/h7,9-10H,4-6,8,11-13H2,1-3H3. The van der Waals surface area contributed by atoms with Crippen molar-refractivity contribution in [3.63, 3.8) is 0 Å². The van der Waals surface area contributed by atoms with Crippen molar-refractivity contribution in [1.82, 2.24) is 14.8 Å². The Morgan fingerprint density at radius 1 is 1.00 bits per heavy atom. The summed E-state index contributed by atoms with van der Waals surface area (Å²) in [7, 11) is 0. The number of halogens is 1. The van der Waals surface area contributed by atoms with Crippen LogP contribution >= 0.6 is 11.6 Å². The van der Waals surface area contributed by atoms with Crippen molar-refractivity contribution in [1.29, 1.82) is 0 Å². The van der Waals surface area contributed by atoms with Crippen LogP contribution in [0.1, 0.15) is 32.9 Å². The SMILES string of the molecule is CCN(CC)CCCN(CC)Cc1cccc(Cl)n1. The zero-order valence-corrected chi connectivity index (χ0v) is 13.2. The molecule has 0 spiro atoms. The highest BCUT2D eigenvalue weighted by Gasteiger charge is 2.06. The number of hydrogen-bond donors (Lipinski definition) is 0. The Bertz CT molecular complexity index is 353.